The van der Waals surface area contributed by atoms with Crippen LogP contribution in [0.5, 0.6) is 5.75 Å². The van der Waals surface area contributed by atoms with Crippen LogP contribution in [0.3, 0.4) is 0 Å². The van der Waals surface area contributed by atoms with Gasteiger partial charge in [0.15, 0.2) is 11.6 Å². The van der Waals surface area contributed by atoms with Gasteiger partial charge in [0, 0.05) is 16.7 Å². The number of hydrogen-bond acceptors (Lipinski definition) is 4. The highest BCUT2D eigenvalue weighted by molar-refractivity contribution is 6.67. The first-order chi connectivity index (χ1) is 11.3. The summed E-state index contributed by atoms with van der Waals surface area (Å²) in [4.78, 5) is 33.5. The summed E-state index contributed by atoms with van der Waals surface area (Å²) in [5, 5.41) is 8.66. The summed E-state index contributed by atoms with van der Waals surface area (Å²) in [5.74, 6) is -0.349. The van der Waals surface area contributed by atoms with E-state index >= 15 is 0 Å². The quantitative estimate of drug-likeness (QED) is 0.382. The number of phenols is 1. The van der Waals surface area contributed by atoms with E-state index < -0.39 is 5.24 Å². The number of carbonyl (C=O) groups is 3. The van der Waals surface area contributed by atoms with Crippen molar-refractivity contribution >= 4 is 28.4 Å². The molecule has 0 unspecified atom stereocenters. The smallest absolute Gasteiger partial charge is 0.247 e. The minimum absolute atomic E-state index is 0.0981. The van der Waals surface area contributed by atoms with E-state index in [1.165, 1.54) is 24.3 Å². The van der Waals surface area contributed by atoms with Gasteiger partial charge in [-0.25, -0.2) is 0 Å². The van der Waals surface area contributed by atoms with Gasteiger partial charge in [-0.1, -0.05) is 36.9 Å². The Morgan fingerprint density at radius 1 is 0.917 bits per heavy atom. The third-order valence-electron chi connectivity index (χ3n) is 2.94. The standard InChI is InChI=1S/C15H12O3.C4H5ClO/c16-13-8-6-12(7-9-13)15(18)10-14(17)11-4-2-1-3-5-11;1-3(2)4(5)6/h1-9,16H,10H2;1H2,2H3. The molecule has 0 atom stereocenters. The number of aromatic hydroxyl groups is 1. The molecule has 2 rings (SSSR count). The van der Waals surface area contributed by atoms with E-state index in [1.807, 2.05) is 6.07 Å². The summed E-state index contributed by atoms with van der Waals surface area (Å²) in [6.07, 6.45) is -0.158. The zero-order valence-electron chi connectivity index (χ0n) is 13.2. The van der Waals surface area contributed by atoms with Gasteiger partial charge in [0.25, 0.3) is 0 Å². The number of phenolic OH excluding ortho intramolecular Hbond substituents is 1. The van der Waals surface area contributed by atoms with Crippen molar-refractivity contribution in [2.24, 2.45) is 0 Å². The molecule has 2 aromatic carbocycles. The highest BCUT2D eigenvalue weighted by Crippen LogP contribution is 2.13. The first-order valence-corrected chi connectivity index (χ1v) is 7.45. The Morgan fingerprint density at radius 2 is 1.33 bits per heavy atom. The van der Waals surface area contributed by atoms with Crippen LogP contribution in [0, 0.1) is 0 Å². The molecule has 0 radical (unpaired) electrons. The van der Waals surface area contributed by atoms with Crippen molar-refractivity contribution in [3.05, 3.63) is 77.9 Å². The lowest BCUT2D eigenvalue weighted by atomic mass is 10.0. The van der Waals surface area contributed by atoms with Crippen LogP contribution >= 0.6 is 11.6 Å². The molecule has 0 heterocycles. The highest BCUT2D eigenvalue weighted by atomic mass is 35.5. The second-order valence-electron chi connectivity index (χ2n) is 4.99. The Hall–Kier alpha value is -2.72. The molecule has 5 heteroatoms. The van der Waals surface area contributed by atoms with E-state index in [2.05, 4.69) is 6.58 Å². The number of Topliss-reactive ketones (excluding diaryl/α,β-unsaturated/α-hetero) is 2. The summed E-state index contributed by atoms with van der Waals surface area (Å²) in [6, 6.07) is 14.6. The van der Waals surface area contributed by atoms with Crippen LogP contribution < -0.4 is 0 Å². The van der Waals surface area contributed by atoms with E-state index in [-0.39, 0.29) is 23.7 Å². The molecular formula is C19H17ClO4. The summed E-state index contributed by atoms with van der Waals surface area (Å²) < 4.78 is 0. The fraction of sp³-hybridized carbons (Fsp3) is 0.105. The molecule has 0 aliphatic carbocycles. The molecule has 0 saturated heterocycles. The molecule has 2 aromatic rings. The van der Waals surface area contributed by atoms with Crippen LogP contribution in [-0.4, -0.2) is 21.9 Å². The van der Waals surface area contributed by atoms with Crippen molar-refractivity contribution in [3.63, 3.8) is 0 Å². The second kappa shape index (κ2) is 9.43. The molecule has 1 N–H and O–H groups in total. The maximum atomic E-state index is 11.8. The Morgan fingerprint density at radius 3 is 1.75 bits per heavy atom. The van der Waals surface area contributed by atoms with Gasteiger partial charge in [0.1, 0.15) is 5.75 Å². The molecule has 0 aromatic heterocycles. The topological polar surface area (TPSA) is 71.4 Å². The molecule has 0 aliphatic rings. The molecule has 0 amide bonds. The van der Waals surface area contributed by atoms with Gasteiger partial charge in [-0.15, -0.1) is 0 Å². The van der Waals surface area contributed by atoms with Crippen LogP contribution in [0.15, 0.2) is 66.7 Å². The lowest BCUT2D eigenvalue weighted by molar-refractivity contribution is -0.108. The molecule has 4 nitrogen and oxygen atoms in total. The fourth-order valence-corrected chi connectivity index (χ4v) is 1.62. The van der Waals surface area contributed by atoms with Crippen molar-refractivity contribution in [3.8, 4) is 5.75 Å². The van der Waals surface area contributed by atoms with E-state index in [0.717, 1.165) is 0 Å². The minimum atomic E-state index is -0.463. The first-order valence-electron chi connectivity index (χ1n) is 7.07. The Kier molecular flexibility index (Phi) is 7.59. The molecule has 0 spiro atoms. The first kappa shape index (κ1) is 19.3. The van der Waals surface area contributed by atoms with Crippen molar-refractivity contribution in [1.82, 2.24) is 0 Å². The monoisotopic (exact) mass is 344 g/mol. The average molecular weight is 345 g/mol. The Labute approximate surface area is 145 Å². The minimum Gasteiger partial charge on any atom is -0.508 e. The third-order valence-corrected chi connectivity index (χ3v) is 3.26. The van der Waals surface area contributed by atoms with Crippen molar-refractivity contribution in [2.75, 3.05) is 0 Å². The zero-order valence-corrected chi connectivity index (χ0v) is 13.9. The van der Waals surface area contributed by atoms with Crippen LogP contribution in [-0.2, 0) is 4.79 Å². The van der Waals surface area contributed by atoms with Gasteiger partial charge in [-0.05, 0) is 42.8 Å². The lowest BCUT2D eigenvalue weighted by Crippen LogP contribution is -2.08. The third kappa shape index (κ3) is 6.58. The van der Waals surface area contributed by atoms with Gasteiger partial charge in [0.05, 0.1) is 6.42 Å². The predicted molar refractivity (Wildman–Crippen MR) is 93.5 cm³/mol. The highest BCUT2D eigenvalue weighted by Gasteiger charge is 2.13. The molecule has 24 heavy (non-hydrogen) atoms. The van der Waals surface area contributed by atoms with Crippen LogP contribution in [0.1, 0.15) is 34.1 Å². The van der Waals surface area contributed by atoms with Crippen molar-refractivity contribution < 1.29 is 19.5 Å². The van der Waals surface area contributed by atoms with Crippen molar-refractivity contribution in [1.29, 1.82) is 0 Å². The lowest BCUT2D eigenvalue weighted by Gasteiger charge is -2.01. The number of benzene rings is 2. The SMILES string of the molecule is C=C(C)C(=O)Cl.O=C(CC(=O)c1ccc(O)cc1)c1ccccc1. The van der Waals surface area contributed by atoms with E-state index in [4.69, 9.17) is 16.7 Å². The van der Waals surface area contributed by atoms with Gasteiger partial charge in [-0.2, -0.15) is 0 Å². The molecular weight excluding hydrogens is 328 g/mol. The predicted octanol–water partition coefficient (Wildman–Crippen LogP) is 4.18. The normalized spacial score (nSPS) is 9.42. The van der Waals surface area contributed by atoms with Crippen molar-refractivity contribution in [2.45, 2.75) is 13.3 Å². The van der Waals surface area contributed by atoms with Gasteiger partial charge >= 0.3 is 0 Å². The Bertz CT molecular complexity index is 722. The van der Waals surface area contributed by atoms with Gasteiger partial charge in [-0.3, -0.25) is 14.4 Å². The summed E-state index contributed by atoms with van der Waals surface area (Å²) in [6.45, 7) is 4.84. The van der Waals surface area contributed by atoms with Crippen LogP contribution in [0.25, 0.3) is 0 Å². The largest absolute Gasteiger partial charge is 0.508 e. The number of hydrogen-bond donors (Lipinski definition) is 1. The van der Waals surface area contributed by atoms with Gasteiger partial charge < -0.3 is 5.11 Å². The molecule has 0 aliphatic heterocycles. The summed E-state index contributed by atoms with van der Waals surface area (Å²) in [5.41, 5.74) is 1.35. The summed E-state index contributed by atoms with van der Waals surface area (Å²) >= 11 is 4.87. The zero-order chi connectivity index (χ0) is 18.1. The number of allylic oxidation sites excluding steroid dienone is 1. The maximum Gasteiger partial charge on any atom is 0.247 e. The molecule has 0 fully saturated rings. The van der Waals surface area contributed by atoms with Crippen LogP contribution in [0.2, 0.25) is 0 Å². The van der Waals surface area contributed by atoms with E-state index in [1.54, 1.807) is 31.2 Å². The maximum absolute atomic E-state index is 11.8. The average Bonchev–Trinajstić information content (AvgIpc) is 2.56. The van der Waals surface area contributed by atoms with E-state index in [0.29, 0.717) is 16.7 Å². The number of ketones is 2. The molecule has 0 bridgehead atoms. The van der Waals surface area contributed by atoms with Gasteiger partial charge in [0.2, 0.25) is 5.24 Å². The number of rotatable bonds is 5. The number of carbonyl (C=O) groups excluding carboxylic acids is 3. The molecule has 124 valence electrons. The summed E-state index contributed by atoms with van der Waals surface area (Å²) in [7, 11) is 0. The molecule has 0 saturated carbocycles. The van der Waals surface area contributed by atoms with Crippen LogP contribution in [0.4, 0.5) is 0 Å². The van der Waals surface area contributed by atoms with E-state index in [9.17, 15) is 14.4 Å². The second-order valence-corrected chi connectivity index (χ2v) is 5.33. The number of halogens is 1. The fourth-order valence-electron chi connectivity index (χ4n) is 1.62. The Balaban J connectivity index is 0.000000413.